The summed E-state index contributed by atoms with van der Waals surface area (Å²) in [6.45, 7) is 0.814. The SMILES string of the molecule is CNCc1cc2cc(OC)c(Cl)cc2[nH]1. The lowest BCUT2D eigenvalue weighted by Gasteiger charge is -2.01. The van der Waals surface area contributed by atoms with E-state index in [0.29, 0.717) is 10.8 Å². The number of benzene rings is 1. The van der Waals surface area contributed by atoms with E-state index in [2.05, 4.69) is 16.4 Å². The van der Waals surface area contributed by atoms with Crippen LogP contribution in [0, 0.1) is 0 Å². The summed E-state index contributed by atoms with van der Waals surface area (Å²) in [5, 5.41) is 4.83. The van der Waals surface area contributed by atoms with Crippen molar-refractivity contribution >= 4 is 22.5 Å². The molecule has 0 amide bonds. The topological polar surface area (TPSA) is 37.0 Å². The molecule has 0 spiro atoms. The second-order valence-corrected chi connectivity index (χ2v) is 3.81. The van der Waals surface area contributed by atoms with Gasteiger partial charge in [-0.3, -0.25) is 0 Å². The molecule has 2 aromatic rings. The molecule has 3 nitrogen and oxygen atoms in total. The molecule has 2 N–H and O–H groups in total. The van der Waals surface area contributed by atoms with Crippen molar-refractivity contribution in [2.75, 3.05) is 14.2 Å². The number of methoxy groups -OCH3 is 1. The quantitative estimate of drug-likeness (QED) is 0.841. The molecule has 0 aliphatic rings. The van der Waals surface area contributed by atoms with Gasteiger partial charge in [-0.1, -0.05) is 11.6 Å². The van der Waals surface area contributed by atoms with Crippen molar-refractivity contribution < 1.29 is 4.74 Å². The predicted octanol–water partition coefficient (Wildman–Crippen LogP) is 2.55. The van der Waals surface area contributed by atoms with Crippen molar-refractivity contribution in [1.29, 1.82) is 0 Å². The number of halogens is 1. The number of hydrogen-bond donors (Lipinski definition) is 2. The summed E-state index contributed by atoms with van der Waals surface area (Å²) in [5.74, 6) is 0.708. The van der Waals surface area contributed by atoms with Crippen LogP contribution in [0.1, 0.15) is 5.69 Å². The molecule has 0 radical (unpaired) electrons. The van der Waals surface area contributed by atoms with Gasteiger partial charge in [0.25, 0.3) is 0 Å². The number of H-pyrrole nitrogens is 1. The average Bonchev–Trinajstić information content (AvgIpc) is 2.58. The smallest absolute Gasteiger partial charge is 0.138 e. The molecule has 0 saturated heterocycles. The zero-order valence-corrected chi connectivity index (χ0v) is 9.48. The molecule has 0 unspecified atom stereocenters. The molecule has 2 rings (SSSR count). The van der Waals surface area contributed by atoms with Gasteiger partial charge in [0.05, 0.1) is 12.1 Å². The molecular formula is C11H13ClN2O. The van der Waals surface area contributed by atoms with Gasteiger partial charge < -0.3 is 15.0 Å². The minimum atomic E-state index is 0.628. The van der Waals surface area contributed by atoms with Gasteiger partial charge in [-0.25, -0.2) is 0 Å². The Bertz CT molecular complexity index is 479. The van der Waals surface area contributed by atoms with Crippen LogP contribution in [0.25, 0.3) is 10.9 Å². The highest BCUT2D eigenvalue weighted by Gasteiger charge is 2.05. The molecule has 1 aromatic carbocycles. The van der Waals surface area contributed by atoms with Crippen LogP contribution < -0.4 is 10.1 Å². The van der Waals surface area contributed by atoms with Crippen LogP contribution in [-0.2, 0) is 6.54 Å². The van der Waals surface area contributed by atoms with Crippen molar-refractivity contribution in [3.63, 3.8) is 0 Å². The van der Waals surface area contributed by atoms with E-state index < -0.39 is 0 Å². The Morgan fingerprint density at radius 2 is 2.20 bits per heavy atom. The third-order valence-corrected chi connectivity index (χ3v) is 2.61. The summed E-state index contributed by atoms with van der Waals surface area (Å²) in [4.78, 5) is 3.29. The summed E-state index contributed by atoms with van der Waals surface area (Å²) in [6, 6.07) is 5.91. The molecule has 1 aromatic heterocycles. The first-order valence-corrected chi connectivity index (χ1v) is 5.12. The molecule has 0 bridgehead atoms. The summed E-state index contributed by atoms with van der Waals surface area (Å²) in [7, 11) is 3.53. The first kappa shape index (κ1) is 10.3. The fourth-order valence-electron chi connectivity index (χ4n) is 1.64. The van der Waals surface area contributed by atoms with Crippen molar-refractivity contribution in [2.45, 2.75) is 6.54 Å². The molecular weight excluding hydrogens is 212 g/mol. The standard InChI is InChI=1S/C11H13ClN2O/c1-13-6-8-3-7-4-11(15-2)9(12)5-10(7)14-8/h3-5,13-14H,6H2,1-2H3. The van der Waals surface area contributed by atoms with Gasteiger partial charge in [0.15, 0.2) is 0 Å². The number of fused-ring (bicyclic) bond motifs is 1. The zero-order chi connectivity index (χ0) is 10.8. The Kier molecular flexibility index (Phi) is 2.84. The van der Waals surface area contributed by atoms with Gasteiger partial charge in [-0.2, -0.15) is 0 Å². The number of rotatable bonds is 3. The molecule has 0 atom stereocenters. The Morgan fingerprint density at radius 3 is 2.87 bits per heavy atom. The lowest BCUT2D eigenvalue weighted by molar-refractivity contribution is 0.415. The van der Waals surface area contributed by atoms with E-state index in [1.165, 1.54) is 0 Å². The van der Waals surface area contributed by atoms with Gasteiger partial charge in [0.2, 0.25) is 0 Å². The highest BCUT2D eigenvalue weighted by atomic mass is 35.5. The van der Waals surface area contributed by atoms with Gasteiger partial charge >= 0.3 is 0 Å². The first-order valence-electron chi connectivity index (χ1n) is 4.74. The summed E-state index contributed by atoms with van der Waals surface area (Å²) in [6.07, 6.45) is 0. The van der Waals surface area contributed by atoms with E-state index >= 15 is 0 Å². The third-order valence-electron chi connectivity index (χ3n) is 2.32. The van der Waals surface area contributed by atoms with Crippen molar-refractivity contribution in [3.05, 3.63) is 28.9 Å². The average molecular weight is 225 g/mol. The van der Waals surface area contributed by atoms with E-state index in [-0.39, 0.29) is 0 Å². The van der Waals surface area contributed by atoms with Crippen LogP contribution >= 0.6 is 11.6 Å². The second-order valence-electron chi connectivity index (χ2n) is 3.40. The summed E-state index contributed by atoms with van der Waals surface area (Å²) in [5.41, 5.74) is 2.17. The summed E-state index contributed by atoms with van der Waals surface area (Å²) < 4.78 is 5.16. The van der Waals surface area contributed by atoms with E-state index in [0.717, 1.165) is 23.1 Å². The van der Waals surface area contributed by atoms with E-state index in [1.807, 2.05) is 19.2 Å². The van der Waals surface area contributed by atoms with E-state index in [9.17, 15) is 0 Å². The molecule has 0 aliphatic carbocycles. The highest BCUT2D eigenvalue weighted by Crippen LogP contribution is 2.29. The Hall–Kier alpha value is -1.19. The van der Waals surface area contributed by atoms with Crippen LogP contribution in [0.5, 0.6) is 5.75 Å². The molecule has 0 aliphatic heterocycles. The van der Waals surface area contributed by atoms with Crippen molar-refractivity contribution in [3.8, 4) is 5.75 Å². The maximum atomic E-state index is 6.03. The number of aromatic nitrogens is 1. The minimum absolute atomic E-state index is 0.628. The summed E-state index contributed by atoms with van der Waals surface area (Å²) >= 11 is 6.03. The zero-order valence-electron chi connectivity index (χ0n) is 8.73. The highest BCUT2D eigenvalue weighted by molar-refractivity contribution is 6.32. The van der Waals surface area contributed by atoms with E-state index in [1.54, 1.807) is 7.11 Å². The van der Waals surface area contributed by atoms with Gasteiger partial charge in [0, 0.05) is 23.1 Å². The first-order chi connectivity index (χ1) is 7.24. The van der Waals surface area contributed by atoms with Crippen LogP contribution in [0.2, 0.25) is 5.02 Å². The minimum Gasteiger partial charge on any atom is -0.495 e. The van der Waals surface area contributed by atoms with Gasteiger partial charge in [0.1, 0.15) is 5.75 Å². The lowest BCUT2D eigenvalue weighted by Crippen LogP contribution is -2.04. The number of aromatic amines is 1. The maximum Gasteiger partial charge on any atom is 0.138 e. The Balaban J connectivity index is 2.51. The van der Waals surface area contributed by atoms with Crippen LogP contribution in [0.3, 0.4) is 0 Å². The molecule has 4 heteroatoms. The monoisotopic (exact) mass is 224 g/mol. The third kappa shape index (κ3) is 1.94. The van der Waals surface area contributed by atoms with Crippen molar-refractivity contribution in [2.24, 2.45) is 0 Å². The Labute approximate surface area is 93.4 Å². The molecule has 80 valence electrons. The normalized spacial score (nSPS) is 10.9. The van der Waals surface area contributed by atoms with Gasteiger partial charge in [-0.15, -0.1) is 0 Å². The molecule has 0 saturated carbocycles. The maximum absolute atomic E-state index is 6.03. The molecule has 15 heavy (non-hydrogen) atoms. The predicted molar refractivity (Wildman–Crippen MR) is 62.6 cm³/mol. The number of nitrogens with one attached hydrogen (secondary N) is 2. The number of hydrogen-bond acceptors (Lipinski definition) is 2. The Morgan fingerprint density at radius 1 is 1.40 bits per heavy atom. The lowest BCUT2D eigenvalue weighted by atomic mass is 10.2. The number of ether oxygens (including phenoxy) is 1. The molecule has 1 heterocycles. The van der Waals surface area contributed by atoms with Crippen LogP contribution in [0.15, 0.2) is 18.2 Å². The van der Waals surface area contributed by atoms with E-state index in [4.69, 9.17) is 16.3 Å². The fourth-order valence-corrected chi connectivity index (χ4v) is 1.88. The second kappa shape index (κ2) is 4.13. The van der Waals surface area contributed by atoms with Gasteiger partial charge in [-0.05, 0) is 25.2 Å². The largest absolute Gasteiger partial charge is 0.495 e. The molecule has 0 fully saturated rings. The van der Waals surface area contributed by atoms with Crippen LogP contribution in [-0.4, -0.2) is 19.1 Å². The fraction of sp³-hybridized carbons (Fsp3) is 0.273. The van der Waals surface area contributed by atoms with Crippen LogP contribution in [0.4, 0.5) is 0 Å². The van der Waals surface area contributed by atoms with Crippen molar-refractivity contribution in [1.82, 2.24) is 10.3 Å².